The number of hydrazine groups is 1. The predicted molar refractivity (Wildman–Crippen MR) is 91.5 cm³/mol. The lowest BCUT2D eigenvalue weighted by atomic mass is 10.2. The van der Waals surface area contributed by atoms with Gasteiger partial charge in [0.2, 0.25) is 0 Å². The van der Waals surface area contributed by atoms with Gasteiger partial charge in [-0.15, -0.1) is 0 Å². The molecular weight excluding hydrogens is 360 g/mol. The van der Waals surface area contributed by atoms with Crippen molar-refractivity contribution in [2.24, 2.45) is 0 Å². The zero-order valence-electron chi connectivity index (χ0n) is 14.3. The largest absolute Gasteiger partial charge is 0.481 e. The molecule has 2 aromatic rings. The highest BCUT2D eigenvalue weighted by Gasteiger charge is 2.16. The van der Waals surface area contributed by atoms with Crippen LogP contribution in [0, 0.1) is 11.6 Å². The third-order valence-electron chi connectivity index (χ3n) is 3.35. The molecule has 3 amide bonds. The van der Waals surface area contributed by atoms with Gasteiger partial charge in [-0.3, -0.25) is 25.2 Å². The molecule has 0 fully saturated rings. The van der Waals surface area contributed by atoms with E-state index in [9.17, 15) is 23.2 Å². The fraction of sp³-hybridized carbons (Fsp3) is 0.167. The number of nitrogens with one attached hydrogen (secondary N) is 3. The lowest BCUT2D eigenvalue weighted by Gasteiger charge is -2.15. The highest BCUT2D eigenvalue weighted by atomic mass is 19.1. The number of amides is 3. The third kappa shape index (κ3) is 6.07. The monoisotopic (exact) mass is 377 g/mol. The Morgan fingerprint density at radius 3 is 2.33 bits per heavy atom. The van der Waals surface area contributed by atoms with Crippen LogP contribution in [0.1, 0.15) is 17.3 Å². The van der Waals surface area contributed by atoms with Crippen LogP contribution in [-0.4, -0.2) is 30.4 Å². The zero-order valence-corrected chi connectivity index (χ0v) is 14.3. The van der Waals surface area contributed by atoms with Gasteiger partial charge in [-0.2, -0.15) is 0 Å². The van der Waals surface area contributed by atoms with E-state index in [-0.39, 0.29) is 11.3 Å². The summed E-state index contributed by atoms with van der Waals surface area (Å²) < 4.78 is 31.6. The van der Waals surface area contributed by atoms with Crippen LogP contribution in [0.5, 0.6) is 5.75 Å². The molecule has 2 rings (SSSR count). The molecule has 7 nitrogen and oxygen atoms in total. The fourth-order valence-corrected chi connectivity index (χ4v) is 1.95. The van der Waals surface area contributed by atoms with Gasteiger partial charge in [0.05, 0.1) is 12.1 Å². The lowest BCUT2D eigenvalue weighted by Crippen LogP contribution is -2.50. The van der Waals surface area contributed by atoms with Gasteiger partial charge in [0.25, 0.3) is 17.7 Å². The Labute approximate surface area is 153 Å². The highest BCUT2D eigenvalue weighted by Crippen LogP contribution is 2.12. The number of carbonyl (C=O) groups is 3. The molecular formula is C18H17F2N3O4. The number of hydrogen-bond donors (Lipinski definition) is 3. The molecule has 2 aromatic carbocycles. The van der Waals surface area contributed by atoms with Gasteiger partial charge in [0.15, 0.2) is 6.10 Å². The van der Waals surface area contributed by atoms with E-state index in [0.29, 0.717) is 0 Å². The Kier molecular flexibility index (Phi) is 6.81. The van der Waals surface area contributed by atoms with Gasteiger partial charge in [-0.05, 0) is 43.3 Å². The molecule has 0 heterocycles. The summed E-state index contributed by atoms with van der Waals surface area (Å²) in [4.78, 5) is 35.3. The van der Waals surface area contributed by atoms with Crippen LogP contribution in [-0.2, 0) is 9.59 Å². The number of benzene rings is 2. The van der Waals surface area contributed by atoms with Crippen molar-refractivity contribution < 1.29 is 27.9 Å². The molecule has 9 heteroatoms. The van der Waals surface area contributed by atoms with Crippen molar-refractivity contribution in [2.75, 3.05) is 6.54 Å². The van der Waals surface area contributed by atoms with E-state index in [1.54, 1.807) is 0 Å². The summed E-state index contributed by atoms with van der Waals surface area (Å²) in [6.07, 6.45) is -0.969. The third-order valence-corrected chi connectivity index (χ3v) is 3.35. The molecule has 0 aromatic heterocycles. The first kappa shape index (κ1) is 19.8. The first-order valence-corrected chi connectivity index (χ1v) is 7.90. The van der Waals surface area contributed by atoms with Crippen molar-refractivity contribution >= 4 is 17.7 Å². The molecule has 0 saturated carbocycles. The summed E-state index contributed by atoms with van der Waals surface area (Å²) in [5.74, 6) is -3.01. The van der Waals surface area contributed by atoms with Gasteiger partial charge >= 0.3 is 0 Å². The Bertz CT molecular complexity index is 828. The molecule has 27 heavy (non-hydrogen) atoms. The highest BCUT2D eigenvalue weighted by molar-refractivity contribution is 5.96. The van der Waals surface area contributed by atoms with Crippen molar-refractivity contribution in [1.82, 2.24) is 16.2 Å². The molecule has 0 radical (unpaired) electrons. The molecule has 0 bridgehead atoms. The topological polar surface area (TPSA) is 96.5 Å². The van der Waals surface area contributed by atoms with Crippen LogP contribution in [0.3, 0.4) is 0 Å². The van der Waals surface area contributed by atoms with Crippen LogP contribution in [0.15, 0.2) is 48.5 Å². The summed E-state index contributed by atoms with van der Waals surface area (Å²) in [5.41, 5.74) is 4.02. The first-order valence-electron chi connectivity index (χ1n) is 7.90. The van der Waals surface area contributed by atoms with Gasteiger partial charge in [0, 0.05) is 0 Å². The molecule has 1 unspecified atom stereocenters. The Morgan fingerprint density at radius 1 is 1.00 bits per heavy atom. The molecule has 1 atom stereocenters. The molecule has 0 saturated heterocycles. The minimum absolute atomic E-state index is 0.198. The van der Waals surface area contributed by atoms with Gasteiger partial charge in [-0.1, -0.05) is 12.1 Å². The van der Waals surface area contributed by atoms with Gasteiger partial charge in [0.1, 0.15) is 17.4 Å². The maximum absolute atomic E-state index is 13.5. The SMILES string of the molecule is CC(Oc1ccc(F)cc1)C(=O)NNC(=O)CNC(=O)c1ccccc1F. The Balaban J connectivity index is 1.74. The zero-order chi connectivity index (χ0) is 19.8. The predicted octanol–water partition coefficient (Wildman–Crippen LogP) is 1.31. The maximum Gasteiger partial charge on any atom is 0.279 e. The van der Waals surface area contributed by atoms with E-state index in [4.69, 9.17) is 4.74 Å². The number of carbonyl (C=O) groups excluding carboxylic acids is 3. The second-order valence-electron chi connectivity index (χ2n) is 5.41. The number of ether oxygens (including phenoxy) is 1. The normalized spacial score (nSPS) is 11.2. The molecule has 0 aliphatic heterocycles. The minimum Gasteiger partial charge on any atom is -0.481 e. The summed E-state index contributed by atoms with van der Waals surface area (Å²) in [5, 5.41) is 2.23. The van der Waals surface area contributed by atoms with E-state index >= 15 is 0 Å². The van der Waals surface area contributed by atoms with E-state index in [1.807, 2.05) is 0 Å². The van der Waals surface area contributed by atoms with Crippen LogP contribution >= 0.6 is 0 Å². The minimum atomic E-state index is -0.969. The number of hydrogen-bond acceptors (Lipinski definition) is 4. The van der Waals surface area contributed by atoms with Crippen molar-refractivity contribution in [3.05, 3.63) is 65.7 Å². The van der Waals surface area contributed by atoms with E-state index in [0.717, 1.165) is 6.07 Å². The average Bonchev–Trinajstić information content (AvgIpc) is 2.66. The van der Waals surface area contributed by atoms with Crippen LogP contribution in [0.25, 0.3) is 0 Å². The van der Waals surface area contributed by atoms with Crippen LogP contribution < -0.4 is 20.9 Å². The average molecular weight is 377 g/mol. The van der Waals surface area contributed by atoms with E-state index < -0.39 is 42.0 Å². The molecule has 142 valence electrons. The molecule has 0 spiro atoms. The van der Waals surface area contributed by atoms with Crippen molar-refractivity contribution in [3.63, 3.8) is 0 Å². The maximum atomic E-state index is 13.5. The smallest absolute Gasteiger partial charge is 0.279 e. The second kappa shape index (κ2) is 9.27. The Morgan fingerprint density at radius 2 is 1.67 bits per heavy atom. The quantitative estimate of drug-likeness (QED) is 0.662. The van der Waals surface area contributed by atoms with E-state index in [1.165, 1.54) is 49.4 Å². The second-order valence-corrected chi connectivity index (χ2v) is 5.41. The lowest BCUT2D eigenvalue weighted by molar-refractivity contribution is -0.132. The number of halogens is 2. The van der Waals surface area contributed by atoms with E-state index in [2.05, 4.69) is 16.2 Å². The molecule has 3 N–H and O–H groups in total. The van der Waals surface area contributed by atoms with Crippen LogP contribution in [0.4, 0.5) is 8.78 Å². The van der Waals surface area contributed by atoms with Crippen molar-refractivity contribution in [3.8, 4) is 5.75 Å². The first-order chi connectivity index (χ1) is 12.9. The Hall–Kier alpha value is -3.49. The van der Waals surface area contributed by atoms with Crippen molar-refractivity contribution in [2.45, 2.75) is 13.0 Å². The van der Waals surface area contributed by atoms with Crippen LogP contribution in [0.2, 0.25) is 0 Å². The summed E-state index contributed by atoms with van der Waals surface area (Å²) >= 11 is 0. The fourth-order valence-electron chi connectivity index (χ4n) is 1.95. The summed E-state index contributed by atoms with van der Waals surface area (Å²) in [6, 6.07) is 10.4. The summed E-state index contributed by atoms with van der Waals surface area (Å²) in [7, 11) is 0. The number of rotatable bonds is 6. The van der Waals surface area contributed by atoms with Crippen molar-refractivity contribution in [1.29, 1.82) is 0 Å². The molecule has 0 aliphatic carbocycles. The summed E-state index contributed by atoms with van der Waals surface area (Å²) in [6.45, 7) is 0.964. The molecule has 0 aliphatic rings. The standard InChI is InChI=1S/C18H17F2N3O4/c1-11(27-13-8-6-12(19)7-9-13)17(25)23-22-16(24)10-21-18(26)14-4-2-3-5-15(14)20/h2-9,11H,10H2,1H3,(H,21,26)(H,22,24)(H,23,25). The van der Waals surface area contributed by atoms with Gasteiger partial charge in [-0.25, -0.2) is 8.78 Å². The van der Waals surface area contributed by atoms with Gasteiger partial charge < -0.3 is 10.1 Å².